The summed E-state index contributed by atoms with van der Waals surface area (Å²) in [4.78, 5) is 2.04. The first kappa shape index (κ1) is 26.1. The van der Waals surface area contributed by atoms with Crippen molar-refractivity contribution in [2.24, 2.45) is 0 Å². The number of hydrogen-bond acceptors (Lipinski definition) is 5. The summed E-state index contributed by atoms with van der Waals surface area (Å²) < 4.78 is 68.7. The van der Waals surface area contributed by atoms with Crippen LogP contribution in [0.5, 0.6) is 5.75 Å². The van der Waals surface area contributed by atoms with Crippen molar-refractivity contribution in [1.82, 2.24) is 4.90 Å². The molecule has 9 heteroatoms. The van der Waals surface area contributed by atoms with Crippen LogP contribution in [0.4, 0.5) is 8.78 Å². The van der Waals surface area contributed by atoms with E-state index in [1.54, 1.807) is 0 Å². The molecule has 0 saturated carbocycles. The van der Waals surface area contributed by atoms with E-state index in [0.29, 0.717) is 44.2 Å². The predicted octanol–water partition coefficient (Wildman–Crippen LogP) is 5.75. The van der Waals surface area contributed by atoms with Gasteiger partial charge < -0.3 is 9.47 Å². The average Bonchev–Trinajstić information content (AvgIpc) is 2.91. The second kappa shape index (κ2) is 10.7. The fourth-order valence-electron chi connectivity index (χ4n) is 5.60. The van der Waals surface area contributed by atoms with Crippen LogP contribution in [0.1, 0.15) is 30.4 Å². The average molecular weight is 548 g/mol. The number of piperidine rings is 1. The van der Waals surface area contributed by atoms with Crippen LogP contribution in [-0.2, 0) is 25.9 Å². The molecule has 0 bridgehead atoms. The molecule has 2 atom stereocenters. The lowest BCUT2D eigenvalue weighted by Crippen LogP contribution is -2.63. The molecule has 2 aliphatic heterocycles. The highest BCUT2D eigenvalue weighted by molar-refractivity contribution is 7.92. The minimum absolute atomic E-state index is 0.0199. The molecule has 0 aliphatic carbocycles. The van der Waals surface area contributed by atoms with Crippen molar-refractivity contribution in [2.75, 3.05) is 26.3 Å². The summed E-state index contributed by atoms with van der Waals surface area (Å²) in [5.41, 5.74) is 0.854. The third kappa shape index (κ3) is 4.76. The van der Waals surface area contributed by atoms with Crippen LogP contribution in [0, 0.1) is 11.6 Å². The lowest BCUT2D eigenvalue weighted by molar-refractivity contribution is 0.0336. The lowest BCUT2D eigenvalue weighted by Gasteiger charge is -2.52. The summed E-state index contributed by atoms with van der Waals surface area (Å²) >= 11 is 6.01. The smallest absolute Gasteiger partial charge is 0.190 e. The maximum Gasteiger partial charge on any atom is 0.190 e. The Morgan fingerprint density at radius 1 is 1.03 bits per heavy atom. The molecule has 0 aromatic heterocycles. The van der Waals surface area contributed by atoms with E-state index >= 15 is 4.39 Å². The Labute approximate surface area is 220 Å². The van der Waals surface area contributed by atoms with Crippen molar-refractivity contribution in [2.45, 2.75) is 41.6 Å². The molecule has 196 valence electrons. The summed E-state index contributed by atoms with van der Waals surface area (Å²) in [5, 5.41) is 0.387. The Hall–Kier alpha value is -2.52. The van der Waals surface area contributed by atoms with Crippen LogP contribution in [0.25, 0.3) is 0 Å². The van der Waals surface area contributed by atoms with Gasteiger partial charge in [-0.1, -0.05) is 41.9 Å². The van der Waals surface area contributed by atoms with E-state index in [-0.39, 0.29) is 29.2 Å². The van der Waals surface area contributed by atoms with Crippen molar-refractivity contribution in [3.8, 4) is 5.75 Å². The summed E-state index contributed by atoms with van der Waals surface area (Å²) in [6.07, 6.45) is 1.31. The minimum Gasteiger partial charge on any atom is -0.488 e. The van der Waals surface area contributed by atoms with Gasteiger partial charge in [-0.3, -0.25) is 4.90 Å². The zero-order chi connectivity index (χ0) is 26.0. The zero-order valence-electron chi connectivity index (χ0n) is 20.2. The third-order valence-electron chi connectivity index (χ3n) is 7.29. The van der Waals surface area contributed by atoms with Crippen molar-refractivity contribution in [3.05, 3.63) is 94.5 Å². The number of ether oxygens (including phenoxy) is 2. The number of benzene rings is 3. The lowest BCUT2D eigenvalue weighted by atomic mass is 9.80. The number of sulfone groups is 1. The molecule has 3 aromatic rings. The third-order valence-corrected chi connectivity index (χ3v) is 10.1. The van der Waals surface area contributed by atoms with E-state index in [1.807, 2.05) is 35.2 Å². The fourth-order valence-corrected chi connectivity index (χ4v) is 8.09. The molecule has 2 aliphatic rings. The van der Waals surface area contributed by atoms with Crippen LogP contribution in [0.3, 0.4) is 0 Å². The standard InChI is InChI=1S/C28H28ClF2NO4S/c29-21-8-10-22(11-9-21)37(33,34)28-14-4-15-32(16-5-17-35-18-20-6-2-1-3-7-20)25(28)19-36-27-24(31)13-12-23(30)26(27)28/h1-3,6-13,25H,4-5,14-19H2/t25-,28+/m1/s1. The molecule has 37 heavy (non-hydrogen) atoms. The number of nitrogens with zero attached hydrogens (tertiary/aromatic N) is 1. The van der Waals surface area contributed by atoms with Crippen LogP contribution < -0.4 is 4.74 Å². The molecule has 0 unspecified atom stereocenters. The van der Waals surface area contributed by atoms with Crippen molar-refractivity contribution < 1.29 is 26.7 Å². The molecular formula is C28H28ClF2NO4S. The van der Waals surface area contributed by atoms with Gasteiger partial charge in [-0.05, 0) is 67.8 Å². The highest BCUT2D eigenvalue weighted by atomic mass is 35.5. The van der Waals surface area contributed by atoms with Gasteiger partial charge in [0.05, 0.1) is 23.1 Å². The maximum atomic E-state index is 15.4. The van der Waals surface area contributed by atoms with Gasteiger partial charge in [-0.15, -0.1) is 0 Å². The molecule has 0 radical (unpaired) electrons. The number of rotatable bonds is 8. The van der Waals surface area contributed by atoms with E-state index < -0.39 is 32.3 Å². The van der Waals surface area contributed by atoms with Gasteiger partial charge in [0, 0.05) is 18.2 Å². The number of likely N-dealkylation sites (tertiary alicyclic amines) is 1. The molecule has 5 rings (SSSR count). The monoisotopic (exact) mass is 547 g/mol. The molecular weight excluding hydrogens is 520 g/mol. The Morgan fingerprint density at radius 2 is 1.76 bits per heavy atom. The normalized spacial score (nSPS) is 21.6. The van der Waals surface area contributed by atoms with Gasteiger partial charge >= 0.3 is 0 Å². The summed E-state index contributed by atoms with van der Waals surface area (Å²) in [6, 6.07) is 16.9. The number of fused-ring (bicyclic) bond motifs is 3. The second-order valence-electron chi connectivity index (χ2n) is 9.44. The maximum absolute atomic E-state index is 15.4. The molecule has 1 fully saturated rings. The van der Waals surface area contributed by atoms with Crippen molar-refractivity contribution in [3.63, 3.8) is 0 Å². The van der Waals surface area contributed by atoms with Crippen LogP contribution in [0.2, 0.25) is 5.02 Å². The fraction of sp³-hybridized carbons (Fsp3) is 0.357. The molecule has 3 aromatic carbocycles. The Morgan fingerprint density at radius 3 is 2.51 bits per heavy atom. The highest BCUT2D eigenvalue weighted by Crippen LogP contribution is 2.53. The zero-order valence-corrected chi connectivity index (χ0v) is 21.8. The Balaban J connectivity index is 1.46. The van der Waals surface area contributed by atoms with Crippen LogP contribution >= 0.6 is 11.6 Å². The largest absolute Gasteiger partial charge is 0.488 e. The molecule has 0 N–H and O–H groups in total. The van der Waals surface area contributed by atoms with E-state index in [9.17, 15) is 12.8 Å². The minimum atomic E-state index is -4.18. The van der Waals surface area contributed by atoms with Gasteiger partial charge in [0.1, 0.15) is 17.2 Å². The predicted molar refractivity (Wildman–Crippen MR) is 137 cm³/mol. The summed E-state index contributed by atoms with van der Waals surface area (Å²) in [6.45, 7) is 2.06. The summed E-state index contributed by atoms with van der Waals surface area (Å²) in [5.74, 6) is -1.87. The molecule has 0 spiro atoms. The van der Waals surface area contributed by atoms with Gasteiger partial charge in [-0.2, -0.15) is 0 Å². The second-order valence-corrected chi connectivity index (χ2v) is 12.1. The molecule has 2 heterocycles. The topological polar surface area (TPSA) is 55.8 Å². The molecule has 5 nitrogen and oxygen atoms in total. The van der Waals surface area contributed by atoms with E-state index in [2.05, 4.69) is 0 Å². The van der Waals surface area contributed by atoms with Gasteiger partial charge in [0.2, 0.25) is 0 Å². The first-order valence-corrected chi connectivity index (χ1v) is 14.2. The van der Waals surface area contributed by atoms with Crippen molar-refractivity contribution >= 4 is 21.4 Å². The van der Waals surface area contributed by atoms with Crippen LogP contribution in [-0.4, -0.2) is 45.7 Å². The summed E-state index contributed by atoms with van der Waals surface area (Å²) in [7, 11) is -4.18. The van der Waals surface area contributed by atoms with E-state index in [1.165, 1.54) is 24.3 Å². The highest BCUT2D eigenvalue weighted by Gasteiger charge is 2.60. The van der Waals surface area contributed by atoms with Crippen LogP contribution in [0.15, 0.2) is 71.6 Å². The Kier molecular flexibility index (Phi) is 7.54. The first-order valence-electron chi connectivity index (χ1n) is 12.3. The van der Waals surface area contributed by atoms with Gasteiger partial charge in [0.25, 0.3) is 0 Å². The molecule has 1 saturated heterocycles. The number of hydrogen-bond donors (Lipinski definition) is 0. The Bertz CT molecular complexity index is 1350. The number of halogens is 3. The van der Waals surface area contributed by atoms with Gasteiger partial charge in [-0.25, -0.2) is 17.2 Å². The van der Waals surface area contributed by atoms with E-state index in [0.717, 1.165) is 17.7 Å². The quantitative estimate of drug-likeness (QED) is 0.336. The first-order chi connectivity index (χ1) is 17.8. The SMILES string of the molecule is O=S(=O)(c1ccc(Cl)cc1)[C@@]12CCCN(CCCOCc3ccccc3)[C@@H]1COc1c(F)ccc(F)c12. The van der Waals surface area contributed by atoms with Gasteiger partial charge in [0.15, 0.2) is 21.4 Å². The van der Waals surface area contributed by atoms with E-state index in [4.69, 9.17) is 21.1 Å². The molecule has 0 amide bonds. The van der Waals surface area contributed by atoms with Crippen molar-refractivity contribution in [1.29, 1.82) is 0 Å².